The zero-order valence-electron chi connectivity index (χ0n) is 15.6. The minimum Gasteiger partial charge on any atom is -0.389 e. The summed E-state index contributed by atoms with van der Waals surface area (Å²) in [5.74, 6) is 0.141. The first-order chi connectivity index (χ1) is 13.0. The lowest BCUT2D eigenvalue weighted by molar-refractivity contribution is -0.221. The van der Waals surface area contributed by atoms with Gasteiger partial charge in [0.05, 0.1) is 24.5 Å². The molecule has 8 heteroatoms. The summed E-state index contributed by atoms with van der Waals surface area (Å²) in [6.07, 6.45) is 1.56. The van der Waals surface area contributed by atoms with Gasteiger partial charge in [-0.3, -0.25) is 14.8 Å². The fourth-order valence-corrected chi connectivity index (χ4v) is 5.20. The number of hydrogen-bond acceptors (Lipinski definition) is 6. The highest BCUT2D eigenvalue weighted by Gasteiger charge is 2.55. The fraction of sp³-hybridized carbons (Fsp3) is 0.684. The Bertz CT molecular complexity index is 909. The Kier molecular flexibility index (Phi) is 4.12. The second-order valence-electron chi connectivity index (χ2n) is 8.20. The molecule has 3 fully saturated rings. The van der Waals surface area contributed by atoms with Gasteiger partial charge in [-0.15, -0.1) is 0 Å². The molecule has 146 valence electrons. The summed E-state index contributed by atoms with van der Waals surface area (Å²) in [5.41, 5.74) is 1.51. The quantitative estimate of drug-likeness (QED) is 0.787. The number of rotatable bonds is 2. The van der Waals surface area contributed by atoms with Gasteiger partial charge in [0.15, 0.2) is 5.65 Å². The molecule has 0 saturated carbocycles. The molecule has 4 atom stereocenters. The molecule has 0 aliphatic carbocycles. The van der Waals surface area contributed by atoms with Crippen molar-refractivity contribution in [3.8, 4) is 0 Å². The van der Waals surface area contributed by atoms with Gasteiger partial charge in [-0.2, -0.15) is 0 Å². The topological polar surface area (TPSA) is 92.1 Å². The second-order valence-corrected chi connectivity index (χ2v) is 8.20. The van der Waals surface area contributed by atoms with Crippen molar-refractivity contribution < 1.29 is 14.6 Å². The van der Waals surface area contributed by atoms with Gasteiger partial charge in [0, 0.05) is 68.4 Å². The molecule has 0 aromatic carbocycles. The number of aryl methyl sites for hydroxylation is 1. The van der Waals surface area contributed by atoms with Crippen molar-refractivity contribution in [1.29, 1.82) is 0 Å². The lowest BCUT2D eigenvalue weighted by Crippen LogP contribution is -2.67. The number of piperidine rings is 1. The first-order valence-electron chi connectivity index (χ1n) is 9.75. The molecule has 0 bridgehead atoms. The van der Waals surface area contributed by atoms with Gasteiger partial charge in [0.1, 0.15) is 0 Å². The van der Waals surface area contributed by atoms with E-state index in [4.69, 9.17) is 9.47 Å². The summed E-state index contributed by atoms with van der Waals surface area (Å²) in [7, 11) is 0. The third kappa shape index (κ3) is 2.82. The summed E-state index contributed by atoms with van der Waals surface area (Å²) >= 11 is 0. The third-order valence-corrected chi connectivity index (χ3v) is 6.56. The monoisotopic (exact) mass is 374 g/mol. The van der Waals surface area contributed by atoms with Crippen LogP contribution in [-0.4, -0.2) is 69.2 Å². The summed E-state index contributed by atoms with van der Waals surface area (Å²) < 4.78 is 12.9. The number of nitrogens with zero attached hydrogens (tertiary/aromatic N) is 3. The van der Waals surface area contributed by atoms with Crippen LogP contribution in [0.2, 0.25) is 0 Å². The van der Waals surface area contributed by atoms with Crippen LogP contribution in [0.5, 0.6) is 0 Å². The molecule has 5 heterocycles. The highest BCUT2D eigenvalue weighted by atomic mass is 16.5. The van der Waals surface area contributed by atoms with Gasteiger partial charge in [0.2, 0.25) is 0 Å². The molecule has 5 rings (SSSR count). The van der Waals surface area contributed by atoms with Crippen molar-refractivity contribution in [3.05, 3.63) is 33.9 Å². The zero-order valence-corrected chi connectivity index (χ0v) is 15.6. The molecule has 8 nitrogen and oxygen atoms in total. The van der Waals surface area contributed by atoms with Crippen molar-refractivity contribution >= 4 is 5.65 Å². The predicted molar refractivity (Wildman–Crippen MR) is 97.5 cm³/mol. The lowest BCUT2D eigenvalue weighted by atomic mass is 9.66. The number of hydrogen-bond donors (Lipinski definition) is 2. The van der Waals surface area contributed by atoms with Crippen LogP contribution >= 0.6 is 0 Å². The Morgan fingerprint density at radius 1 is 1.33 bits per heavy atom. The van der Waals surface area contributed by atoms with Crippen molar-refractivity contribution in [3.63, 3.8) is 0 Å². The van der Waals surface area contributed by atoms with E-state index in [9.17, 15) is 9.90 Å². The maximum Gasteiger partial charge on any atom is 0.272 e. The molecule has 0 radical (unpaired) electrons. The molecule has 27 heavy (non-hydrogen) atoms. The Balaban J connectivity index is 1.46. The molecular formula is C19H26N4O4. The van der Waals surface area contributed by atoms with Gasteiger partial charge < -0.3 is 14.6 Å². The van der Waals surface area contributed by atoms with E-state index in [0.717, 1.165) is 24.4 Å². The first kappa shape index (κ1) is 17.4. The molecule has 3 saturated heterocycles. The van der Waals surface area contributed by atoms with E-state index in [2.05, 4.69) is 15.0 Å². The number of H-pyrrole nitrogens is 1. The Morgan fingerprint density at radius 3 is 3.07 bits per heavy atom. The van der Waals surface area contributed by atoms with Crippen LogP contribution in [0.3, 0.4) is 0 Å². The van der Waals surface area contributed by atoms with Crippen LogP contribution in [0.4, 0.5) is 0 Å². The normalized spacial score (nSPS) is 34.4. The molecule has 2 aromatic rings. The Hall–Kier alpha value is -1.74. The number of likely N-dealkylation sites (tertiary alicyclic amines) is 1. The largest absolute Gasteiger partial charge is 0.389 e. The van der Waals surface area contributed by atoms with Crippen LogP contribution < -0.4 is 5.56 Å². The predicted octanol–water partition coefficient (Wildman–Crippen LogP) is 0.319. The van der Waals surface area contributed by atoms with E-state index in [-0.39, 0.29) is 23.4 Å². The fourth-order valence-electron chi connectivity index (χ4n) is 5.20. The van der Waals surface area contributed by atoms with E-state index in [1.165, 1.54) is 4.52 Å². The van der Waals surface area contributed by atoms with Crippen LogP contribution in [0.25, 0.3) is 5.65 Å². The number of aromatic nitrogens is 3. The van der Waals surface area contributed by atoms with Gasteiger partial charge >= 0.3 is 0 Å². The van der Waals surface area contributed by atoms with Crippen LogP contribution in [-0.2, 0) is 16.0 Å². The second kappa shape index (κ2) is 6.41. The summed E-state index contributed by atoms with van der Waals surface area (Å²) in [6.45, 7) is 5.74. The van der Waals surface area contributed by atoms with Crippen molar-refractivity contribution in [2.75, 3.05) is 33.0 Å². The number of aromatic amines is 1. The smallest absolute Gasteiger partial charge is 0.272 e. The molecule has 0 unspecified atom stereocenters. The maximum atomic E-state index is 12.4. The van der Waals surface area contributed by atoms with Gasteiger partial charge in [0.25, 0.3) is 5.56 Å². The van der Waals surface area contributed by atoms with Gasteiger partial charge in [-0.25, -0.2) is 9.50 Å². The van der Waals surface area contributed by atoms with Crippen molar-refractivity contribution in [2.45, 2.75) is 38.0 Å². The number of aliphatic hydroxyl groups is 1. The summed E-state index contributed by atoms with van der Waals surface area (Å²) in [5, 5.41) is 14.4. The average molecular weight is 374 g/mol. The van der Waals surface area contributed by atoms with Crippen LogP contribution in [0, 0.1) is 18.8 Å². The van der Waals surface area contributed by atoms with Gasteiger partial charge in [-0.05, 0) is 13.3 Å². The highest BCUT2D eigenvalue weighted by molar-refractivity contribution is 5.39. The van der Waals surface area contributed by atoms with E-state index in [0.29, 0.717) is 45.0 Å². The van der Waals surface area contributed by atoms with Crippen molar-refractivity contribution in [1.82, 2.24) is 19.5 Å². The van der Waals surface area contributed by atoms with E-state index in [1.807, 2.05) is 13.0 Å². The highest BCUT2D eigenvalue weighted by Crippen LogP contribution is 2.44. The number of ether oxygens (including phenoxy) is 2. The summed E-state index contributed by atoms with van der Waals surface area (Å²) in [4.78, 5) is 19.5. The molecule has 2 N–H and O–H groups in total. The zero-order chi connectivity index (χ0) is 18.6. The SMILES string of the molecule is Cc1cc2nc(CN3C[C@H]4COCC[C@@]4(O)[C@@H]4COCC[C@@H]43)cc(=O)n2[nH]1. The molecule has 3 aliphatic heterocycles. The Labute approximate surface area is 157 Å². The standard InChI is InChI=1S/C19H26N4O4/c1-12-6-17-20-14(7-18(24)23(17)21-12)9-22-8-13-10-27-5-3-19(13,25)15-11-26-4-2-16(15)22/h6-7,13,15-16,21,25H,2-5,8-11H2,1H3/t13-,15+,16-,19-/m0/s1. The minimum atomic E-state index is -0.714. The Morgan fingerprint density at radius 2 is 2.19 bits per heavy atom. The number of fused-ring (bicyclic) bond motifs is 4. The van der Waals surface area contributed by atoms with Crippen molar-refractivity contribution in [2.24, 2.45) is 11.8 Å². The molecule has 2 aromatic heterocycles. The van der Waals surface area contributed by atoms with Crippen LogP contribution in [0.1, 0.15) is 24.2 Å². The van der Waals surface area contributed by atoms with Gasteiger partial charge in [-0.1, -0.05) is 0 Å². The van der Waals surface area contributed by atoms with E-state index >= 15 is 0 Å². The molecular weight excluding hydrogens is 348 g/mol. The summed E-state index contributed by atoms with van der Waals surface area (Å²) in [6, 6.07) is 3.73. The lowest BCUT2D eigenvalue weighted by Gasteiger charge is -2.57. The molecule has 0 spiro atoms. The van der Waals surface area contributed by atoms with Crippen LogP contribution in [0.15, 0.2) is 16.9 Å². The maximum absolute atomic E-state index is 12.4. The third-order valence-electron chi connectivity index (χ3n) is 6.56. The molecule has 0 amide bonds. The van der Waals surface area contributed by atoms with E-state index in [1.54, 1.807) is 6.07 Å². The minimum absolute atomic E-state index is 0.0635. The first-order valence-corrected chi connectivity index (χ1v) is 9.75. The molecule has 3 aliphatic rings. The average Bonchev–Trinajstić information content (AvgIpc) is 3.03. The van der Waals surface area contributed by atoms with E-state index < -0.39 is 5.60 Å². The number of nitrogens with one attached hydrogen (secondary N) is 1.